The molecule has 100 valence electrons. The Balaban J connectivity index is 2.36. The van der Waals surface area contributed by atoms with E-state index in [1.165, 1.54) is 30.0 Å². The van der Waals surface area contributed by atoms with Crippen LogP contribution in [0.1, 0.15) is 21.9 Å². The summed E-state index contributed by atoms with van der Waals surface area (Å²) in [5, 5.41) is 19.6. The van der Waals surface area contributed by atoms with Crippen LogP contribution in [0.3, 0.4) is 0 Å². The molecule has 0 unspecified atom stereocenters. The van der Waals surface area contributed by atoms with Gasteiger partial charge in [0.05, 0.1) is 10.6 Å². The maximum Gasteiger partial charge on any atom is 0.322 e. The van der Waals surface area contributed by atoms with E-state index in [1.54, 1.807) is 12.3 Å². The summed E-state index contributed by atoms with van der Waals surface area (Å²) in [7, 11) is 1.49. The standard InChI is InChI=1S/C10H11N5O3S/c1-5-4-19-10(11-5)12-9(16)8-7(15(17)18)6(2)13-14(8)3/h4H,1-3H3,(H,11,12,16). The van der Waals surface area contributed by atoms with Gasteiger partial charge in [0.15, 0.2) is 5.13 Å². The van der Waals surface area contributed by atoms with Gasteiger partial charge in [0.2, 0.25) is 5.69 Å². The first-order valence-electron chi connectivity index (χ1n) is 5.31. The molecule has 0 saturated carbocycles. The van der Waals surface area contributed by atoms with Gasteiger partial charge in [-0.05, 0) is 13.8 Å². The molecule has 9 heteroatoms. The Bertz CT molecular complexity index is 660. The lowest BCUT2D eigenvalue weighted by molar-refractivity contribution is -0.385. The van der Waals surface area contributed by atoms with Crippen molar-refractivity contribution in [1.29, 1.82) is 0 Å². The number of hydrogen-bond acceptors (Lipinski definition) is 6. The van der Waals surface area contributed by atoms with E-state index in [2.05, 4.69) is 15.4 Å². The third-order valence-electron chi connectivity index (χ3n) is 2.43. The second-order valence-electron chi connectivity index (χ2n) is 3.91. The fourth-order valence-corrected chi connectivity index (χ4v) is 2.37. The molecule has 8 nitrogen and oxygen atoms in total. The molecule has 2 heterocycles. The molecule has 0 aliphatic carbocycles. The Labute approximate surface area is 112 Å². The number of carbonyl (C=O) groups is 1. The highest BCUT2D eigenvalue weighted by molar-refractivity contribution is 7.13. The van der Waals surface area contributed by atoms with Crippen molar-refractivity contribution in [3.63, 3.8) is 0 Å². The summed E-state index contributed by atoms with van der Waals surface area (Å²) in [4.78, 5) is 26.5. The van der Waals surface area contributed by atoms with E-state index in [9.17, 15) is 14.9 Å². The molecular formula is C10H11N5O3S. The lowest BCUT2D eigenvalue weighted by atomic mass is 10.3. The van der Waals surface area contributed by atoms with Crippen molar-refractivity contribution < 1.29 is 9.72 Å². The molecule has 0 aromatic carbocycles. The molecule has 19 heavy (non-hydrogen) atoms. The Morgan fingerprint density at radius 2 is 2.21 bits per heavy atom. The van der Waals surface area contributed by atoms with Gasteiger partial charge < -0.3 is 0 Å². The Hall–Kier alpha value is -2.29. The van der Waals surface area contributed by atoms with Crippen LogP contribution in [0.5, 0.6) is 0 Å². The first-order chi connectivity index (χ1) is 8.90. The van der Waals surface area contributed by atoms with Crippen molar-refractivity contribution in [2.45, 2.75) is 13.8 Å². The molecule has 2 aromatic heterocycles. The molecule has 0 atom stereocenters. The van der Waals surface area contributed by atoms with E-state index < -0.39 is 10.8 Å². The van der Waals surface area contributed by atoms with Gasteiger partial charge in [0.25, 0.3) is 5.91 Å². The summed E-state index contributed by atoms with van der Waals surface area (Å²) in [6.45, 7) is 3.28. The van der Waals surface area contributed by atoms with Crippen LogP contribution in [0.25, 0.3) is 0 Å². The van der Waals surface area contributed by atoms with E-state index in [0.717, 1.165) is 5.69 Å². The number of anilines is 1. The highest BCUT2D eigenvalue weighted by atomic mass is 32.1. The minimum absolute atomic E-state index is 0.0876. The van der Waals surface area contributed by atoms with E-state index in [4.69, 9.17) is 0 Å². The summed E-state index contributed by atoms with van der Waals surface area (Å²) in [6, 6.07) is 0. The average Bonchev–Trinajstić information content (AvgIpc) is 2.82. The van der Waals surface area contributed by atoms with Crippen molar-refractivity contribution in [3.05, 3.63) is 32.6 Å². The minimum Gasteiger partial charge on any atom is -0.296 e. The number of aryl methyl sites for hydroxylation is 3. The summed E-state index contributed by atoms with van der Waals surface area (Å²) >= 11 is 1.26. The first kappa shape index (κ1) is 13.1. The van der Waals surface area contributed by atoms with Crippen LogP contribution in [0.4, 0.5) is 10.8 Å². The number of nitrogens with one attached hydrogen (secondary N) is 1. The number of hydrogen-bond donors (Lipinski definition) is 1. The molecule has 0 radical (unpaired) electrons. The van der Waals surface area contributed by atoms with Gasteiger partial charge >= 0.3 is 5.69 Å². The Kier molecular flexibility index (Phi) is 3.30. The minimum atomic E-state index is -0.607. The van der Waals surface area contributed by atoms with Crippen LogP contribution >= 0.6 is 11.3 Å². The van der Waals surface area contributed by atoms with Gasteiger partial charge in [-0.25, -0.2) is 4.98 Å². The SMILES string of the molecule is Cc1csc(NC(=O)c2c([N+](=O)[O-])c(C)nn2C)n1. The van der Waals surface area contributed by atoms with Gasteiger partial charge in [-0.15, -0.1) is 11.3 Å². The molecule has 1 N–H and O–H groups in total. The Morgan fingerprint density at radius 1 is 1.53 bits per heavy atom. The molecule has 0 bridgehead atoms. The fraction of sp³-hybridized carbons (Fsp3) is 0.300. The average molecular weight is 281 g/mol. The summed E-state index contributed by atoms with van der Waals surface area (Å²) in [5.41, 5.74) is 0.604. The summed E-state index contributed by atoms with van der Waals surface area (Å²) in [5.74, 6) is -0.593. The second-order valence-corrected chi connectivity index (χ2v) is 4.77. The van der Waals surface area contributed by atoms with Crippen LogP contribution in [-0.4, -0.2) is 25.6 Å². The largest absolute Gasteiger partial charge is 0.322 e. The Morgan fingerprint density at radius 3 is 2.74 bits per heavy atom. The number of thiazole rings is 1. The first-order valence-corrected chi connectivity index (χ1v) is 6.19. The number of aromatic nitrogens is 3. The molecule has 0 aliphatic heterocycles. The van der Waals surface area contributed by atoms with Crippen LogP contribution < -0.4 is 5.32 Å². The second kappa shape index (κ2) is 4.76. The molecule has 0 saturated heterocycles. The highest BCUT2D eigenvalue weighted by Gasteiger charge is 2.29. The molecule has 0 aliphatic rings. The predicted octanol–water partition coefficient (Wildman–Crippen LogP) is 1.65. The molecule has 0 spiro atoms. The molecule has 1 amide bonds. The topological polar surface area (TPSA) is 103 Å². The number of carbonyl (C=O) groups excluding carboxylic acids is 1. The van der Waals surface area contributed by atoms with Crippen LogP contribution in [0.2, 0.25) is 0 Å². The summed E-state index contributed by atoms with van der Waals surface area (Å²) < 4.78 is 1.20. The fourth-order valence-electron chi connectivity index (χ4n) is 1.69. The van der Waals surface area contributed by atoms with Crippen LogP contribution in [0, 0.1) is 24.0 Å². The maximum absolute atomic E-state index is 12.1. The lowest BCUT2D eigenvalue weighted by Gasteiger charge is -2.01. The monoisotopic (exact) mass is 281 g/mol. The van der Waals surface area contributed by atoms with Crippen molar-refractivity contribution in [2.75, 3.05) is 5.32 Å². The van der Waals surface area contributed by atoms with E-state index >= 15 is 0 Å². The molecule has 2 rings (SSSR count). The number of amides is 1. The molecule has 0 fully saturated rings. The van der Waals surface area contributed by atoms with Crippen molar-refractivity contribution in [2.24, 2.45) is 7.05 Å². The van der Waals surface area contributed by atoms with Crippen LogP contribution in [-0.2, 0) is 7.05 Å². The maximum atomic E-state index is 12.1. The van der Waals surface area contributed by atoms with Gasteiger partial charge in [-0.3, -0.25) is 24.9 Å². The van der Waals surface area contributed by atoms with Gasteiger partial charge in [-0.2, -0.15) is 5.10 Å². The van der Waals surface area contributed by atoms with E-state index in [0.29, 0.717) is 5.13 Å². The van der Waals surface area contributed by atoms with Crippen molar-refractivity contribution in [3.8, 4) is 0 Å². The predicted molar refractivity (Wildman–Crippen MR) is 69.4 cm³/mol. The lowest BCUT2D eigenvalue weighted by Crippen LogP contribution is -2.17. The third kappa shape index (κ3) is 2.45. The smallest absolute Gasteiger partial charge is 0.296 e. The van der Waals surface area contributed by atoms with Crippen molar-refractivity contribution in [1.82, 2.24) is 14.8 Å². The van der Waals surface area contributed by atoms with Gasteiger partial charge in [-0.1, -0.05) is 0 Å². The zero-order valence-electron chi connectivity index (χ0n) is 10.5. The number of nitro groups is 1. The normalized spacial score (nSPS) is 10.5. The zero-order chi connectivity index (χ0) is 14.2. The van der Waals surface area contributed by atoms with E-state index in [-0.39, 0.29) is 17.1 Å². The van der Waals surface area contributed by atoms with Gasteiger partial charge in [0.1, 0.15) is 5.69 Å². The summed E-state index contributed by atoms with van der Waals surface area (Å²) in [6.07, 6.45) is 0. The third-order valence-corrected chi connectivity index (χ3v) is 3.30. The van der Waals surface area contributed by atoms with E-state index in [1.807, 2.05) is 0 Å². The number of rotatable bonds is 3. The van der Waals surface area contributed by atoms with Crippen LogP contribution in [0.15, 0.2) is 5.38 Å². The highest BCUT2D eigenvalue weighted by Crippen LogP contribution is 2.24. The van der Waals surface area contributed by atoms with Crippen molar-refractivity contribution >= 4 is 28.1 Å². The molecular weight excluding hydrogens is 270 g/mol. The molecule has 2 aromatic rings. The zero-order valence-corrected chi connectivity index (χ0v) is 11.3. The van der Waals surface area contributed by atoms with Gasteiger partial charge in [0, 0.05) is 12.4 Å². The quantitative estimate of drug-likeness (QED) is 0.680. The number of nitrogens with zero attached hydrogens (tertiary/aromatic N) is 4.